The van der Waals surface area contributed by atoms with Crippen LogP contribution in [0.5, 0.6) is 0 Å². The molecule has 2 aromatic rings. The van der Waals surface area contributed by atoms with Gasteiger partial charge in [-0.1, -0.05) is 74.3 Å². The average molecular weight is 414 g/mol. The van der Waals surface area contributed by atoms with Crippen molar-refractivity contribution in [2.75, 3.05) is 0 Å². The Morgan fingerprint density at radius 1 is 1.10 bits per heavy atom. The van der Waals surface area contributed by atoms with Crippen LogP contribution in [0.3, 0.4) is 0 Å². The highest BCUT2D eigenvalue weighted by atomic mass is 79.9. The summed E-state index contributed by atoms with van der Waals surface area (Å²) in [5.41, 5.74) is 1.93. The number of ketones is 1. The third kappa shape index (κ3) is 4.21. The van der Waals surface area contributed by atoms with Crippen LogP contribution in [0.15, 0.2) is 59.1 Å². The van der Waals surface area contributed by atoms with Gasteiger partial charge in [0.25, 0.3) is 0 Å². The summed E-state index contributed by atoms with van der Waals surface area (Å²) in [6.45, 7) is 1.91. The summed E-state index contributed by atoms with van der Waals surface area (Å²) >= 11 is 8.57. The minimum absolute atomic E-state index is 0.0974. The fourth-order valence-corrected chi connectivity index (χ4v) is 3.43. The Morgan fingerprint density at radius 2 is 1.70 bits per heavy atom. The number of carbonyl (C=O) groups excluding carboxylic acids is 1. The molecule has 0 amide bonds. The number of hydrogen-bond acceptors (Lipinski definition) is 2. The summed E-state index contributed by atoms with van der Waals surface area (Å²) in [5.74, 6) is 0.883. The number of alkyl halides is 1. The van der Waals surface area contributed by atoms with Gasteiger partial charge in [-0.15, -0.1) is 11.8 Å². The largest absolute Gasteiger partial charge is 0.292 e. The highest BCUT2D eigenvalue weighted by Crippen LogP contribution is 2.37. The van der Waals surface area contributed by atoms with Crippen LogP contribution in [0, 0.1) is 0 Å². The van der Waals surface area contributed by atoms with Crippen molar-refractivity contribution in [1.82, 2.24) is 0 Å². The molecule has 4 heteroatoms. The van der Waals surface area contributed by atoms with E-state index in [-0.39, 0.29) is 5.78 Å². The molecule has 2 rings (SSSR count). The van der Waals surface area contributed by atoms with Gasteiger partial charge < -0.3 is 0 Å². The van der Waals surface area contributed by atoms with Crippen molar-refractivity contribution in [1.29, 1.82) is 0 Å². The zero-order valence-electron chi connectivity index (χ0n) is 11.0. The Kier molecular flexibility index (Phi) is 5.47. The van der Waals surface area contributed by atoms with Crippen LogP contribution in [0.4, 0.5) is 0 Å². The van der Waals surface area contributed by atoms with Gasteiger partial charge in [-0.3, -0.25) is 4.79 Å². The van der Waals surface area contributed by atoms with Gasteiger partial charge in [0.2, 0.25) is 0 Å². The first kappa shape index (κ1) is 15.8. The second-order valence-corrected chi connectivity index (χ2v) is 8.95. The fourth-order valence-electron chi connectivity index (χ4n) is 1.71. The van der Waals surface area contributed by atoms with Crippen molar-refractivity contribution in [2.24, 2.45) is 0 Å². The number of carbonyl (C=O) groups is 1. The second kappa shape index (κ2) is 6.92. The summed E-state index contributed by atoms with van der Waals surface area (Å²) in [7, 11) is 0. The highest BCUT2D eigenvalue weighted by Gasteiger charge is 2.31. The molecule has 0 aromatic heterocycles. The Labute approximate surface area is 140 Å². The maximum Gasteiger partial charge on any atom is 0.189 e. The monoisotopic (exact) mass is 412 g/mol. The van der Waals surface area contributed by atoms with E-state index in [1.54, 1.807) is 11.8 Å². The van der Waals surface area contributed by atoms with Gasteiger partial charge in [-0.25, -0.2) is 0 Å². The van der Waals surface area contributed by atoms with Crippen molar-refractivity contribution in [3.63, 3.8) is 0 Å². The van der Waals surface area contributed by atoms with Gasteiger partial charge in [0.15, 0.2) is 5.78 Å². The van der Waals surface area contributed by atoms with Crippen LogP contribution in [0.1, 0.15) is 22.8 Å². The number of Topliss-reactive ketones (excluding diaryl/α,β-unsaturated/α-hetero) is 1. The SMILES string of the molecule is CC(Br)(SCc1ccc(Br)cc1)C(=O)c1ccccc1. The number of hydrogen-bond donors (Lipinski definition) is 0. The number of benzene rings is 2. The van der Waals surface area contributed by atoms with Crippen molar-refractivity contribution in [3.8, 4) is 0 Å². The van der Waals surface area contributed by atoms with Crippen LogP contribution in [0.25, 0.3) is 0 Å². The maximum atomic E-state index is 12.5. The van der Waals surface area contributed by atoms with Gasteiger partial charge in [-0.2, -0.15) is 0 Å². The summed E-state index contributed by atoms with van der Waals surface area (Å²) in [6.07, 6.45) is 0. The smallest absolute Gasteiger partial charge is 0.189 e. The minimum atomic E-state index is -0.610. The van der Waals surface area contributed by atoms with E-state index in [1.807, 2.05) is 49.4 Å². The van der Waals surface area contributed by atoms with E-state index in [0.29, 0.717) is 0 Å². The molecule has 1 nitrogen and oxygen atoms in total. The zero-order valence-corrected chi connectivity index (χ0v) is 15.0. The third-order valence-corrected chi connectivity index (χ3v) is 5.65. The summed E-state index contributed by atoms with van der Waals surface area (Å²) in [5, 5.41) is 0. The van der Waals surface area contributed by atoms with Crippen molar-refractivity contribution >= 4 is 49.4 Å². The van der Waals surface area contributed by atoms with Gasteiger partial charge in [0.1, 0.15) is 3.66 Å². The first-order valence-electron chi connectivity index (χ1n) is 6.16. The lowest BCUT2D eigenvalue weighted by Gasteiger charge is -2.20. The molecule has 0 saturated carbocycles. The molecule has 104 valence electrons. The third-order valence-electron chi connectivity index (χ3n) is 2.86. The number of rotatable bonds is 5. The van der Waals surface area contributed by atoms with Crippen LogP contribution >= 0.6 is 43.6 Å². The van der Waals surface area contributed by atoms with E-state index in [1.165, 1.54) is 5.56 Å². The molecule has 0 heterocycles. The van der Waals surface area contributed by atoms with E-state index in [2.05, 4.69) is 44.0 Å². The number of thioether (sulfide) groups is 1. The molecular formula is C16H14Br2OS. The Balaban J connectivity index is 2.03. The lowest BCUT2D eigenvalue weighted by atomic mass is 10.1. The highest BCUT2D eigenvalue weighted by molar-refractivity contribution is 9.12. The van der Waals surface area contributed by atoms with Crippen LogP contribution < -0.4 is 0 Å². The molecule has 0 aliphatic rings. The normalized spacial score (nSPS) is 13.8. The summed E-state index contributed by atoms with van der Waals surface area (Å²) in [4.78, 5) is 12.5. The van der Waals surface area contributed by atoms with Gasteiger partial charge in [0, 0.05) is 15.8 Å². The Hall–Kier alpha value is -0.580. The van der Waals surface area contributed by atoms with E-state index in [9.17, 15) is 4.79 Å². The first-order valence-corrected chi connectivity index (χ1v) is 8.73. The lowest BCUT2D eigenvalue weighted by Crippen LogP contribution is -2.24. The van der Waals surface area contributed by atoms with Crippen molar-refractivity contribution in [3.05, 3.63) is 70.2 Å². The molecule has 0 aliphatic carbocycles. The zero-order chi connectivity index (χ0) is 14.6. The molecule has 0 bridgehead atoms. The van der Waals surface area contributed by atoms with E-state index in [4.69, 9.17) is 0 Å². The summed E-state index contributed by atoms with van der Waals surface area (Å²) in [6, 6.07) is 17.5. The average Bonchev–Trinajstić information content (AvgIpc) is 2.47. The standard InChI is InChI=1S/C16H14Br2OS/c1-16(18,15(19)13-5-3-2-4-6-13)20-11-12-7-9-14(17)10-8-12/h2-10H,11H2,1H3. The van der Waals surface area contributed by atoms with Gasteiger partial charge in [0.05, 0.1) is 0 Å². The Morgan fingerprint density at radius 3 is 2.30 bits per heavy atom. The van der Waals surface area contributed by atoms with E-state index < -0.39 is 3.66 Å². The quantitative estimate of drug-likeness (QED) is 0.463. The van der Waals surface area contributed by atoms with Crippen LogP contribution in [-0.2, 0) is 5.75 Å². The first-order chi connectivity index (χ1) is 9.49. The van der Waals surface area contributed by atoms with Crippen LogP contribution in [0.2, 0.25) is 0 Å². The van der Waals surface area contributed by atoms with E-state index >= 15 is 0 Å². The minimum Gasteiger partial charge on any atom is -0.292 e. The molecule has 1 unspecified atom stereocenters. The molecule has 0 spiro atoms. The lowest BCUT2D eigenvalue weighted by molar-refractivity contribution is 0.0986. The van der Waals surface area contributed by atoms with E-state index in [0.717, 1.165) is 15.8 Å². The Bertz CT molecular complexity index is 579. The molecule has 0 saturated heterocycles. The molecule has 0 aliphatic heterocycles. The second-order valence-electron chi connectivity index (χ2n) is 4.53. The van der Waals surface area contributed by atoms with Crippen LogP contribution in [-0.4, -0.2) is 9.44 Å². The van der Waals surface area contributed by atoms with Crippen molar-refractivity contribution in [2.45, 2.75) is 16.3 Å². The predicted octanol–water partition coefficient (Wildman–Crippen LogP) is 5.68. The van der Waals surface area contributed by atoms with Crippen molar-refractivity contribution < 1.29 is 4.79 Å². The molecule has 2 aromatic carbocycles. The molecule has 0 radical (unpaired) electrons. The van der Waals surface area contributed by atoms with Gasteiger partial charge >= 0.3 is 0 Å². The topological polar surface area (TPSA) is 17.1 Å². The van der Waals surface area contributed by atoms with Gasteiger partial charge in [-0.05, 0) is 24.6 Å². The predicted molar refractivity (Wildman–Crippen MR) is 93.5 cm³/mol. The maximum absolute atomic E-state index is 12.5. The molecule has 0 N–H and O–H groups in total. The molecule has 20 heavy (non-hydrogen) atoms. The summed E-state index contributed by atoms with van der Waals surface area (Å²) < 4.78 is 0.453. The molecule has 1 atom stereocenters. The number of halogens is 2. The molecule has 0 fully saturated rings. The molecular weight excluding hydrogens is 400 g/mol. The fraction of sp³-hybridized carbons (Fsp3) is 0.188.